The minimum atomic E-state index is -0.0918. The van der Waals surface area contributed by atoms with Crippen molar-refractivity contribution in [2.24, 2.45) is 0 Å². The summed E-state index contributed by atoms with van der Waals surface area (Å²) in [6, 6.07) is 8.65. The molecule has 3 atom stereocenters. The summed E-state index contributed by atoms with van der Waals surface area (Å²) in [6.45, 7) is 0. The van der Waals surface area contributed by atoms with E-state index in [2.05, 4.69) is 24.3 Å². The van der Waals surface area contributed by atoms with Crippen molar-refractivity contribution in [3.05, 3.63) is 35.4 Å². The molecular formula is C14H18OS. The Morgan fingerprint density at radius 2 is 2.25 bits per heavy atom. The summed E-state index contributed by atoms with van der Waals surface area (Å²) in [7, 11) is 0. The highest BCUT2D eigenvalue weighted by atomic mass is 32.2. The number of aliphatic hydroxyl groups is 1. The summed E-state index contributed by atoms with van der Waals surface area (Å²) in [6.07, 6.45) is 4.54. The molecule has 1 aromatic carbocycles. The molecule has 2 aliphatic rings. The normalized spacial score (nSPS) is 29.6. The molecule has 2 heteroatoms. The molecule has 1 saturated heterocycles. The lowest BCUT2D eigenvalue weighted by Gasteiger charge is -2.32. The monoisotopic (exact) mass is 234 g/mol. The molecular weight excluding hydrogens is 216 g/mol. The summed E-state index contributed by atoms with van der Waals surface area (Å²) in [5.41, 5.74) is 2.96. The number of aliphatic hydroxyl groups excluding tert-OH is 1. The summed E-state index contributed by atoms with van der Waals surface area (Å²) in [5, 5.41) is 10.7. The van der Waals surface area contributed by atoms with Crippen molar-refractivity contribution in [3.8, 4) is 0 Å². The molecule has 16 heavy (non-hydrogen) atoms. The highest BCUT2D eigenvalue weighted by Crippen LogP contribution is 2.40. The molecule has 86 valence electrons. The van der Waals surface area contributed by atoms with Crippen LogP contribution in [0.15, 0.2) is 24.3 Å². The number of fused-ring (bicyclic) bond motifs is 1. The van der Waals surface area contributed by atoms with Gasteiger partial charge in [0, 0.05) is 5.25 Å². The van der Waals surface area contributed by atoms with Crippen LogP contribution in [0, 0.1) is 0 Å². The Morgan fingerprint density at radius 1 is 1.38 bits per heavy atom. The highest BCUT2D eigenvalue weighted by molar-refractivity contribution is 8.00. The summed E-state index contributed by atoms with van der Waals surface area (Å²) >= 11 is 1.96. The summed E-state index contributed by atoms with van der Waals surface area (Å²) in [4.78, 5) is 0. The second-order valence-electron chi connectivity index (χ2n) is 4.95. The van der Waals surface area contributed by atoms with E-state index >= 15 is 0 Å². The first kappa shape index (κ1) is 10.7. The summed E-state index contributed by atoms with van der Waals surface area (Å²) < 4.78 is 0. The van der Waals surface area contributed by atoms with Gasteiger partial charge < -0.3 is 5.11 Å². The lowest BCUT2D eigenvalue weighted by Crippen LogP contribution is -2.27. The van der Waals surface area contributed by atoms with Crippen molar-refractivity contribution in [3.63, 3.8) is 0 Å². The van der Waals surface area contributed by atoms with Crippen LogP contribution in [0.5, 0.6) is 0 Å². The zero-order valence-electron chi connectivity index (χ0n) is 9.43. The molecule has 1 fully saturated rings. The van der Waals surface area contributed by atoms with Gasteiger partial charge in [-0.2, -0.15) is 11.8 Å². The average Bonchev–Trinajstić information content (AvgIpc) is 2.79. The smallest absolute Gasteiger partial charge is 0.0664 e. The Balaban J connectivity index is 1.61. The van der Waals surface area contributed by atoms with Gasteiger partial charge in [-0.3, -0.25) is 0 Å². The van der Waals surface area contributed by atoms with Crippen LogP contribution >= 0.6 is 11.8 Å². The van der Waals surface area contributed by atoms with E-state index in [1.807, 2.05) is 11.8 Å². The standard InChI is InChI=1S/C14H18OS/c15-13(14-6-3-7-16-14)9-11-8-10-4-1-2-5-12(10)11/h1-2,4-5,11,13-15H,3,6-9H2. The molecule has 1 heterocycles. The molecule has 1 aliphatic carbocycles. The minimum absolute atomic E-state index is 0.0918. The Morgan fingerprint density at radius 3 is 3.00 bits per heavy atom. The largest absolute Gasteiger partial charge is 0.392 e. The third-order valence-electron chi connectivity index (χ3n) is 3.88. The first-order chi connectivity index (χ1) is 7.84. The van der Waals surface area contributed by atoms with E-state index in [-0.39, 0.29) is 6.10 Å². The van der Waals surface area contributed by atoms with Gasteiger partial charge in [-0.25, -0.2) is 0 Å². The van der Waals surface area contributed by atoms with Crippen LogP contribution < -0.4 is 0 Å². The van der Waals surface area contributed by atoms with Crippen LogP contribution in [0.1, 0.15) is 36.3 Å². The van der Waals surface area contributed by atoms with Crippen LogP contribution in [0.2, 0.25) is 0 Å². The molecule has 3 unspecified atom stereocenters. The molecule has 0 saturated carbocycles. The van der Waals surface area contributed by atoms with Crippen molar-refractivity contribution < 1.29 is 5.11 Å². The SMILES string of the molecule is OC(CC1Cc2ccccc21)C1CCCS1. The fraction of sp³-hybridized carbons (Fsp3) is 0.571. The first-order valence-electron chi connectivity index (χ1n) is 6.22. The zero-order valence-corrected chi connectivity index (χ0v) is 10.2. The second kappa shape index (κ2) is 4.42. The number of hydrogen-bond acceptors (Lipinski definition) is 2. The molecule has 1 aromatic rings. The maximum Gasteiger partial charge on any atom is 0.0664 e. The fourth-order valence-electron chi connectivity index (χ4n) is 2.92. The third-order valence-corrected chi connectivity index (χ3v) is 5.38. The molecule has 0 aromatic heterocycles. The van der Waals surface area contributed by atoms with Crippen molar-refractivity contribution in [2.45, 2.75) is 43.0 Å². The zero-order chi connectivity index (χ0) is 11.0. The van der Waals surface area contributed by atoms with Crippen LogP contribution in [-0.4, -0.2) is 22.2 Å². The van der Waals surface area contributed by atoms with Gasteiger partial charge in [-0.15, -0.1) is 0 Å². The molecule has 1 N–H and O–H groups in total. The van der Waals surface area contributed by atoms with Crippen molar-refractivity contribution >= 4 is 11.8 Å². The first-order valence-corrected chi connectivity index (χ1v) is 7.27. The molecule has 3 rings (SSSR count). The maximum absolute atomic E-state index is 10.2. The van der Waals surface area contributed by atoms with Crippen LogP contribution in [-0.2, 0) is 6.42 Å². The van der Waals surface area contributed by atoms with Crippen LogP contribution in [0.4, 0.5) is 0 Å². The van der Waals surface area contributed by atoms with Crippen molar-refractivity contribution in [2.75, 3.05) is 5.75 Å². The Bertz CT molecular complexity index is 371. The van der Waals surface area contributed by atoms with E-state index in [1.54, 1.807) is 0 Å². The van der Waals surface area contributed by atoms with E-state index in [9.17, 15) is 5.11 Å². The highest BCUT2D eigenvalue weighted by Gasteiger charge is 2.31. The molecule has 0 spiro atoms. The quantitative estimate of drug-likeness (QED) is 0.867. The number of rotatable bonds is 3. The van der Waals surface area contributed by atoms with E-state index in [1.165, 1.54) is 36.1 Å². The second-order valence-corrected chi connectivity index (χ2v) is 6.30. The molecule has 0 amide bonds. The summed E-state index contributed by atoms with van der Waals surface area (Å²) in [5.74, 6) is 1.86. The van der Waals surface area contributed by atoms with Gasteiger partial charge >= 0.3 is 0 Å². The van der Waals surface area contributed by atoms with Gasteiger partial charge in [0.05, 0.1) is 6.10 Å². The predicted octanol–water partition coefficient (Wildman–Crippen LogP) is 2.97. The van der Waals surface area contributed by atoms with E-state index in [0.29, 0.717) is 11.2 Å². The Kier molecular flexibility index (Phi) is 2.95. The Labute approximate surface area is 101 Å². The minimum Gasteiger partial charge on any atom is -0.392 e. The topological polar surface area (TPSA) is 20.2 Å². The fourth-order valence-corrected chi connectivity index (χ4v) is 4.22. The predicted molar refractivity (Wildman–Crippen MR) is 69.0 cm³/mol. The van der Waals surface area contributed by atoms with Crippen LogP contribution in [0.3, 0.4) is 0 Å². The molecule has 1 nitrogen and oxygen atoms in total. The van der Waals surface area contributed by atoms with Gasteiger partial charge in [0.25, 0.3) is 0 Å². The van der Waals surface area contributed by atoms with E-state index in [4.69, 9.17) is 0 Å². The lowest BCUT2D eigenvalue weighted by atomic mass is 9.74. The van der Waals surface area contributed by atoms with Gasteiger partial charge in [0.1, 0.15) is 0 Å². The number of hydrogen-bond donors (Lipinski definition) is 1. The maximum atomic E-state index is 10.2. The van der Waals surface area contributed by atoms with Gasteiger partial charge in [0.2, 0.25) is 0 Å². The van der Waals surface area contributed by atoms with Crippen LogP contribution in [0.25, 0.3) is 0 Å². The van der Waals surface area contributed by atoms with E-state index < -0.39 is 0 Å². The molecule has 0 radical (unpaired) electrons. The number of thioether (sulfide) groups is 1. The van der Waals surface area contributed by atoms with Gasteiger partial charge in [0.15, 0.2) is 0 Å². The average molecular weight is 234 g/mol. The van der Waals surface area contributed by atoms with Crippen molar-refractivity contribution in [1.29, 1.82) is 0 Å². The number of benzene rings is 1. The van der Waals surface area contributed by atoms with Gasteiger partial charge in [-0.05, 0) is 48.5 Å². The third kappa shape index (κ3) is 1.89. The lowest BCUT2D eigenvalue weighted by molar-refractivity contribution is 0.147. The van der Waals surface area contributed by atoms with Crippen molar-refractivity contribution in [1.82, 2.24) is 0 Å². The molecule has 0 bridgehead atoms. The molecule has 1 aliphatic heterocycles. The van der Waals surface area contributed by atoms with Gasteiger partial charge in [-0.1, -0.05) is 24.3 Å². The van der Waals surface area contributed by atoms with E-state index in [0.717, 1.165) is 6.42 Å². The Hall–Kier alpha value is -0.470.